The van der Waals surface area contributed by atoms with Crippen LogP contribution in [0.25, 0.3) is 0 Å². The number of carbonyl (C=O) groups excluding carboxylic acids is 2. The fraction of sp³-hybridized carbons (Fsp3) is 0.467. The van der Waals surface area contributed by atoms with Crippen LogP contribution in [-0.4, -0.2) is 49.3 Å². The van der Waals surface area contributed by atoms with Gasteiger partial charge in [-0.25, -0.2) is 14.0 Å². The van der Waals surface area contributed by atoms with E-state index < -0.39 is 6.67 Å². The highest BCUT2D eigenvalue weighted by Crippen LogP contribution is 2.30. The van der Waals surface area contributed by atoms with Crippen LogP contribution in [0.2, 0.25) is 5.02 Å². The van der Waals surface area contributed by atoms with Crippen molar-refractivity contribution < 1.29 is 14.0 Å². The second-order valence-corrected chi connectivity index (χ2v) is 6.03. The standard InChI is InChI=1S/C15H18ClFN4O2/c16-12-4-3-10(8-13(12)21-7-5-18-14(21)22)19-15(23)20-6-1-2-11(20)9-17/h3-4,8,11H,1-2,5-7,9H2,(H,18,22)(H,19,23). The number of hydrogen-bond acceptors (Lipinski definition) is 2. The molecule has 2 aliphatic heterocycles. The number of rotatable bonds is 3. The summed E-state index contributed by atoms with van der Waals surface area (Å²) in [5.74, 6) is 0. The van der Waals surface area contributed by atoms with E-state index in [0.29, 0.717) is 42.5 Å². The number of benzene rings is 1. The quantitative estimate of drug-likeness (QED) is 0.888. The van der Waals surface area contributed by atoms with Crippen LogP contribution in [0.1, 0.15) is 12.8 Å². The van der Waals surface area contributed by atoms with Gasteiger partial charge in [0.25, 0.3) is 0 Å². The number of carbonyl (C=O) groups is 2. The molecule has 2 saturated heterocycles. The van der Waals surface area contributed by atoms with Crippen LogP contribution in [0.5, 0.6) is 0 Å². The normalized spacial score (nSPS) is 20.8. The summed E-state index contributed by atoms with van der Waals surface area (Å²) in [5, 5.41) is 5.90. The summed E-state index contributed by atoms with van der Waals surface area (Å²) in [6.45, 7) is 1.09. The molecule has 23 heavy (non-hydrogen) atoms. The van der Waals surface area contributed by atoms with Gasteiger partial charge in [-0.05, 0) is 31.0 Å². The Kier molecular flexibility index (Phi) is 4.56. The van der Waals surface area contributed by atoms with Crippen LogP contribution in [0.3, 0.4) is 0 Å². The third-order valence-corrected chi connectivity index (χ3v) is 4.48. The van der Waals surface area contributed by atoms with Crippen LogP contribution >= 0.6 is 11.6 Å². The van der Waals surface area contributed by atoms with E-state index in [2.05, 4.69) is 10.6 Å². The third-order valence-electron chi connectivity index (χ3n) is 4.16. The molecule has 124 valence electrons. The molecular weight excluding hydrogens is 323 g/mol. The molecule has 2 N–H and O–H groups in total. The lowest BCUT2D eigenvalue weighted by Gasteiger charge is -2.23. The number of urea groups is 2. The van der Waals surface area contributed by atoms with E-state index in [0.717, 1.165) is 6.42 Å². The van der Waals surface area contributed by atoms with Crippen molar-refractivity contribution in [3.63, 3.8) is 0 Å². The summed E-state index contributed by atoms with van der Waals surface area (Å²) in [6, 6.07) is 4.06. The Morgan fingerprint density at radius 3 is 2.96 bits per heavy atom. The number of hydrogen-bond donors (Lipinski definition) is 2. The number of likely N-dealkylation sites (tertiary alicyclic amines) is 1. The van der Waals surface area contributed by atoms with Gasteiger partial charge in [0.15, 0.2) is 0 Å². The summed E-state index contributed by atoms with van der Waals surface area (Å²) in [4.78, 5) is 27.1. The molecule has 2 fully saturated rings. The lowest BCUT2D eigenvalue weighted by atomic mass is 10.2. The third kappa shape index (κ3) is 3.19. The van der Waals surface area contributed by atoms with Crippen molar-refractivity contribution in [2.75, 3.05) is 36.5 Å². The molecule has 3 rings (SSSR count). The molecule has 2 heterocycles. The highest BCUT2D eigenvalue weighted by Gasteiger charge is 2.29. The summed E-state index contributed by atoms with van der Waals surface area (Å²) >= 11 is 6.16. The predicted molar refractivity (Wildman–Crippen MR) is 86.9 cm³/mol. The lowest BCUT2D eigenvalue weighted by Crippen LogP contribution is -2.39. The molecule has 8 heteroatoms. The van der Waals surface area contributed by atoms with E-state index in [1.54, 1.807) is 18.2 Å². The highest BCUT2D eigenvalue weighted by molar-refractivity contribution is 6.34. The predicted octanol–water partition coefficient (Wildman–Crippen LogP) is 2.84. The van der Waals surface area contributed by atoms with Gasteiger partial charge in [-0.1, -0.05) is 11.6 Å². The molecule has 6 nitrogen and oxygen atoms in total. The van der Waals surface area contributed by atoms with E-state index in [9.17, 15) is 14.0 Å². The first-order chi connectivity index (χ1) is 11.1. The topological polar surface area (TPSA) is 64.7 Å². The number of alkyl halides is 1. The van der Waals surface area contributed by atoms with Crippen LogP contribution in [-0.2, 0) is 0 Å². The molecule has 1 unspecified atom stereocenters. The Balaban J connectivity index is 1.76. The molecule has 0 aliphatic carbocycles. The molecule has 4 amide bonds. The monoisotopic (exact) mass is 340 g/mol. The van der Waals surface area contributed by atoms with Gasteiger partial charge < -0.3 is 15.5 Å². The minimum atomic E-state index is -0.534. The van der Waals surface area contributed by atoms with E-state index in [1.807, 2.05) is 0 Å². The van der Waals surface area contributed by atoms with Crippen molar-refractivity contribution in [1.82, 2.24) is 10.2 Å². The molecular formula is C15H18ClFN4O2. The SMILES string of the molecule is O=C1NCCN1c1cc(NC(=O)N2CCCC2CF)ccc1Cl. The Morgan fingerprint density at radius 2 is 2.26 bits per heavy atom. The second-order valence-electron chi connectivity index (χ2n) is 5.62. The maximum absolute atomic E-state index is 12.9. The minimum absolute atomic E-state index is 0.215. The van der Waals surface area contributed by atoms with Gasteiger partial charge in [-0.2, -0.15) is 0 Å². The largest absolute Gasteiger partial charge is 0.336 e. The van der Waals surface area contributed by atoms with Gasteiger partial charge in [0, 0.05) is 25.3 Å². The van der Waals surface area contributed by atoms with Crippen molar-refractivity contribution in [2.24, 2.45) is 0 Å². The minimum Gasteiger partial charge on any atom is -0.336 e. The van der Waals surface area contributed by atoms with Crippen molar-refractivity contribution in [3.8, 4) is 0 Å². The first-order valence-electron chi connectivity index (χ1n) is 7.58. The fourth-order valence-electron chi connectivity index (χ4n) is 2.96. The molecule has 0 bridgehead atoms. The Hall–Kier alpha value is -2.02. The molecule has 2 aliphatic rings. The number of nitrogens with zero attached hydrogens (tertiary/aromatic N) is 2. The average Bonchev–Trinajstić information content (AvgIpc) is 3.17. The Labute approximate surface area is 138 Å². The zero-order chi connectivity index (χ0) is 16.4. The van der Waals surface area contributed by atoms with Crippen LogP contribution in [0, 0.1) is 0 Å². The summed E-state index contributed by atoms with van der Waals surface area (Å²) in [7, 11) is 0. The average molecular weight is 341 g/mol. The highest BCUT2D eigenvalue weighted by atomic mass is 35.5. The maximum Gasteiger partial charge on any atom is 0.322 e. The number of halogens is 2. The van der Waals surface area contributed by atoms with Crippen molar-refractivity contribution in [2.45, 2.75) is 18.9 Å². The molecule has 0 aromatic heterocycles. The van der Waals surface area contributed by atoms with Crippen molar-refractivity contribution in [1.29, 1.82) is 0 Å². The van der Waals surface area contributed by atoms with Crippen LogP contribution < -0.4 is 15.5 Å². The molecule has 1 atom stereocenters. The smallest absolute Gasteiger partial charge is 0.322 e. The first kappa shape index (κ1) is 15.9. The molecule has 0 spiro atoms. The van der Waals surface area contributed by atoms with Crippen LogP contribution in [0.4, 0.5) is 25.4 Å². The van der Waals surface area contributed by atoms with Crippen molar-refractivity contribution >= 4 is 35.0 Å². The van der Waals surface area contributed by atoms with E-state index in [4.69, 9.17) is 11.6 Å². The first-order valence-corrected chi connectivity index (χ1v) is 7.96. The summed E-state index contributed by atoms with van der Waals surface area (Å²) in [6.07, 6.45) is 1.49. The molecule has 1 aromatic rings. The number of anilines is 2. The molecule has 0 saturated carbocycles. The Morgan fingerprint density at radius 1 is 1.43 bits per heavy atom. The second kappa shape index (κ2) is 6.62. The van der Waals surface area contributed by atoms with Gasteiger partial charge in [-0.3, -0.25) is 4.90 Å². The fourth-order valence-corrected chi connectivity index (χ4v) is 3.18. The molecule has 1 aromatic carbocycles. The van der Waals surface area contributed by atoms with Crippen LogP contribution in [0.15, 0.2) is 18.2 Å². The van der Waals surface area contributed by atoms with Gasteiger partial charge in [0.1, 0.15) is 6.67 Å². The lowest BCUT2D eigenvalue weighted by molar-refractivity contribution is 0.195. The summed E-state index contributed by atoms with van der Waals surface area (Å²) < 4.78 is 12.9. The maximum atomic E-state index is 12.9. The zero-order valence-electron chi connectivity index (χ0n) is 12.5. The van der Waals surface area contributed by atoms with E-state index >= 15 is 0 Å². The van der Waals surface area contributed by atoms with Gasteiger partial charge in [0.05, 0.1) is 16.8 Å². The summed E-state index contributed by atoms with van der Waals surface area (Å²) in [5.41, 5.74) is 1.07. The Bertz CT molecular complexity index is 627. The van der Waals surface area contributed by atoms with E-state index in [-0.39, 0.29) is 18.1 Å². The van der Waals surface area contributed by atoms with Gasteiger partial charge >= 0.3 is 12.1 Å². The van der Waals surface area contributed by atoms with Crippen molar-refractivity contribution in [3.05, 3.63) is 23.2 Å². The van der Waals surface area contributed by atoms with E-state index in [1.165, 1.54) is 9.80 Å². The number of amides is 4. The zero-order valence-corrected chi connectivity index (χ0v) is 13.3. The van der Waals surface area contributed by atoms with Gasteiger partial charge in [-0.15, -0.1) is 0 Å². The molecule has 0 radical (unpaired) electrons. The van der Waals surface area contributed by atoms with Gasteiger partial charge in [0.2, 0.25) is 0 Å². The number of nitrogens with one attached hydrogen (secondary N) is 2.